The Balaban J connectivity index is 1.46. The summed E-state index contributed by atoms with van der Waals surface area (Å²) in [5.74, 6) is -0.461. The summed E-state index contributed by atoms with van der Waals surface area (Å²) in [5, 5.41) is 7.19. The highest BCUT2D eigenvalue weighted by molar-refractivity contribution is 5.94. The van der Waals surface area contributed by atoms with Crippen LogP contribution in [0.25, 0.3) is 0 Å². The van der Waals surface area contributed by atoms with Crippen LogP contribution >= 0.6 is 0 Å². The normalized spacial score (nSPS) is 17.8. The van der Waals surface area contributed by atoms with Crippen molar-refractivity contribution in [2.24, 2.45) is 5.41 Å². The Morgan fingerprint density at radius 1 is 1.03 bits per heavy atom. The summed E-state index contributed by atoms with van der Waals surface area (Å²) in [6.07, 6.45) is -2.87. The van der Waals surface area contributed by atoms with Gasteiger partial charge in [0.25, 0.3) is 5.91 Å². The SMILES string of the molecule is CC(C)(C)C(=O)N1CCc2[nH]nc(C(=O)N3CCC(c4ccccc4C(F)(F)F)CC3)c2C1. The van der Waals surface area contributed by atoms with Crippen LogP contribution in [0.1, 0.15) is 72.4 Å². The summed E-state index contributed by atoms with van der Waals surface area (Å²) in [5.41, 5.74) is 1.11. The number of amides is 2. The minimum atomic E-state index is -4.39. The predicted octanol–water partition coefficient (Wildman–Crippen LogP) is 4.38. The highest BCUT2D eigenvalue weighted by atomic mass is 19.4. The van der Waals surface area contributed by atoms with Crippen molar-refractivity contribution in [2.75, 3.05) is 19.6 Å². The number of carbonyl (C=O) groups is 2. The molecule has 0 aliphatic carbocycles. The molecule has 1 aromatic heterocycles. The van der Waals surface area contributed by atoms with Gasteiger partial charge in [0.2, 0.25) is 5.91 Å². The first kappa shape index (κ1) is 23.3. The summed E-state index contributed by atoms with van der Waals surface area (Å²) in [7, 11) is 0. The number of halogens is 3. The summed E-state index contributed by atoms with van der Waals surface area (Å²) in [6.45, 7) is 7.24. The van der Waals surface area contributed by atoms with Crippen molar-refractivity contribution in [3.8, 4) is 0 Å². The summed E-state index contributed by atoms with van der Waals surface area (Å²) in [6, 6.07) is 5.69. The highest BCUT2D eigenvalue weighted by Gasteiger charge is 2.37. The zero-order valence-electron chi connectivity index (χ0n) is 19.1. The second kappa shape index (κ2) is 8.50. The van der Waals surface area contributed by atoms with Crippen LogP contribution < -0.4 is 0 Å². The van der Waals surface area contributed by atoms with Gasteiger partial charge in [-0.05, 0) is 30.4 Å². The zero-order chi connectivity index (χ0) is 24.0. The van der Waals surface area contributed by atoms with E-state index in [1.807, 2.05) is 20.8 Å². The average Bonchev–Trinajstić information content (AvgIpc) is 3.20. The van der Waals surface area contributed by atoms with Crippen molar-refractivity contribution < 1.29 is 22.8 Å². The van der Waals surface area contributed by atoms with Crippen molar-refractivity contribution in [1.82, 2.24) is 20.0 Å². The number of aromatic amines is 1. The fourth-order valence-corrected chi connectivity index (χ4v) is 4.77. The van der Waals surface area contributed by atoms with E-state index in [4.69, 9.17) is 0 Å². The molecule has 178 valence electrons. The predicted molar refractivity (Wildman–Crippen MR) is 116 cm³/mol. The van der Waals surface area contributed by atoms with Gasteiger partial charge in [-0.15, -0.1) is 0 Å². The van der Waals surface area contributed by atoms with Crippen molar-refractivity contribution in [1.29, 1.82) is 0 Å². The molecule has 2 aliphatic rings. The van der Waals surface area contributed by atoms with Crippen LogP contribution in [0, 0.1) is 5.41 Å². The monoisotopic (exact) mass is 462 g/mol. The Bertz CT molecular complexity index is 1050. The van der Waals surface area contributed by atoms with Crippen LogP contribution in [-0.4, -0.2) is 51.4 Å². The molecule has 0 radical (unpaired) electrons. The number of hydrogen-bond donors (Lipinski definition) is 1. The lowest BCUT2D eigenvalue weighted by molar-refractivity contribution is -0.140. The fraction of sp³-hybridized carbons (Fsp3) is 0.542. The Morgan fingerprint density at radius 3 is 2.33 bits per heavy atom. The van der Waals surface area contributed by atoms with E-state index in [1.54, 1.807) is 15.9 Å². The molecule has 0 atom stereocenters. The third-order valence-corrected chi connectivity index (χ3v) is 6.55. The fourth-order valence-electron chi connectivity index (χ4n) is 4.77. The minimum Gasteiger partial charge on any atom is -0.337 e. The molecule has 1 aromatic carbocycles. The Hall–Kier alpha value is -2.84. The highest BCUT2D eigenvalue weighted by Crippen LogP contribution is 2.39. The zero-order valence-corrected chi connectivity index (χ0v) is 19.1. The maximum Gasteiger partial charge on any atom is 0.416 e. The van der Waals surface area contributed by atoms with Gasteiger partial charge in [-0.1, -0.05) is 39.0 Å². The van der Waals surface area contributed by atoms with Crippen LogP contribution in [0.4, 0.5) is 13.2 Å². The van der Waals surface area contributed by atoms with E-state index in [-0.39, 0.29) is 17.7 Å². The Morgan fingerprint density at radius 2 is 1.70 bits per heavy atom. The molecule has 33 heavy (non-hydrogen) atoms. The molecule has 4 rings (SSSR count). The number of alkyl halides is 3. The van der Waals surface area contributed by atoms with Gasteiger partial charge in [-0.3, -0.25) is 14.7 Å². The summed E-state index contributed by atoms with van der Waals surface area (Å²) in [4.78, 5) is 29.4. The van der Waals surface area contributed by atoms with Gasteiger partial charge < -0.3 is 9.80 Å². The third kappa shape index (κ3) is 4.63. The number of hydrogen-bond acceptors (Lipinski definition) is 3. The van der Waals surface area contributed by atoms with Gasteiger partial charge in [0.05, 0.1) is 5.56 Å². The molecule has 0 spiro atoms. The molecule has 0 unspecified atom stereocenters. The van der Waals surface area contributed by atoms with E-state index in [0.717, 1.165) is 17.3 Å². The average molecular weight is 463 g/mol. The quantitative estimate of drug-likeness (QED) is 0.720. The number of piperidine rings is 1. The van der Waals surface area contributed by atoms with E-state index in [2.05, 4.69) is 10.2 Å². The molecular formula is C24H29F3N4O2. The van der Waals surface area contributed by atoms with Crippen LogP contribution in [0.3, 0.4) is 0 Å². The number of nitrogens with zero attached hydrogens (tertiary/aromatic N) is 3. The molecule has 0 saturated carbocycles. The summed E-state index contributed by atoms with van der Waals surface area (Å²) >= 11 is 0. The molecule has 6 nitrogen and oxygen atoms in total. The van der Waals surface area contributed by atoms with Gasteiger partial charge in [0.1, 0.15) is 0 Å². The van der Waals surface area contributed by atoms with Crippen molar-refractivity contribution in [3.63, 3.8) is 0 Å². The second-order valence-corrected chi connectivity index (χ2v) is 9.91. The number of carbonyl (C=O) groups excluding carboxylic acids is 2. The van der Waals surface area contributed by atoms with Crippen LogP contribution in [-0.2, 0) is 23.9 Å². The molecule has 2 amide bonds. The number of fused-ring (bicyclic) bond motifs is 1. The van der Waals surface area contributed by atoms with Crippen molar-refractivity contribution >= 4 is 11.8 Å². The molecule has 2 aliphatic heterocycles. The van der Waals surface area contributed by atoms with E-state index < -0.39 is 17.2 Å². The largest absolute Gasteiger partial charge is 0.416 e. The molecule has 1 saturated heterocycles. The van der Waals surface area contributed by atoms with Gasteiger partial charge in [-0.2, -0.15) is 18.3 Å². The Kier molecular flexibility index (Phi) is 6.01. The first-order valence-corrected chi connectivity index (χ1v) is 11.3. The second-order valence-electron chi connectivity index (χ2n) is 9.91. The number of nitrogens with one attached hydrogen (secondary N) is 1. The van der Waals surface area contributed by atoms with Gasteiger partial charge >= 0.3 is 6.18 Å². The van der Waals surface area contributed by atoms with E-state index in [9.17, 15) is 22.8 Å². The van der Waals surface area contributed by atoms with Gasteiger partial charge in [0.15, 0.2) is 5.69 Å². The van der Waals surface area contributed by atoms with E-state index >= 15 is 0 Å². The third-order valence-electron chi connectivity index (χ3n) is 6.55. The van der Waals surface area contributed by atoms with E-state index in [1.165, 1.54) is 12.1 Å². The maximum atomic E-state index is 13.4. The van der Waals surface area contributed by atoms with Gasteiger partial charge in [-0.25, -0.2) is 0 Å². The van der Waals surface area contributed by atoms with Crippen LogP contribution in [0.15, 0.2) is 24.3 Å². The molecule has 3 heterocycles. The molecule has 1 fully saturated rings. The number of likely N-dealkylation sites (tertiary alicyclic amines) is 1. The van der Waals surface area contributed by atoms with Crippen molar-refractivity contribution in [3.05, 3.63) is 52.3 Å². The van der Waals surface area contributed by atoms with Gasteiger partial charge in [0, 0.05) is 49.3 Å². The first-order chi connectivity index (χ1) is 15.5. The molecule has 9 heteroatoms. The lowest BCUT2D eigenvalue weighted by Crippen LogP contribution is -2.43. The number of H-pyrrole nitrogens is 1. The maximum absolute atomic E-state index is 13.4. The minimum absolute atomic E-state index is 0.0249. The molecule has 0 bridgehead atoms. The summed E-state index contributed by atoms with van der Waals surface area (Å²) < 4.78 is 40.2. The number of benzene rings is 1. The standard InChI is InChI=1S/C24H29F3N4O2/c1-23(2,3)22(33)31-13-10-19-17(14-31)20(29-28-19)21(32)30-11-8-15(9-12-30)16-6-4-5-7-18(16)24(25,26)27/h4-7,15H,8-14H2,1-3H3,(H,28,29). The van der Waals surface area contributed by atoms with Crippen molar-refractivity contribution in [2.45, 2.75) is 58.7 Å². The molecule has 1 N–H and O–H groups in total. The smallest absolute Gasteiger partial charge is 0.337 e. The van der Waals surface area contributed by atoms with E-state index in [0.29, 0.717) is 56.7 Å². The lowest BCUT2D eigenvalue weighted by atomic mass is 9.86. The number of aromatic nitrogens is 2. The van der Waals surface area contributed by atoms with Crippen LogP contribution in [0.5, 0.6) is 0 Å². The molecule has 2 aromatic rings. The van der Waals surface area contributed by atoms with Crippen LogP contribution in [0.2, 0.25) is 0 Å². The Labute approximate surface area is 191 Å². The molecular weight excluding hydrogens is 433 g/mol. The lowest BCUT2D eigenvalue weighted by Gasteiger charge is -2.34. The first-order valence-electron chi connectivity index (χ1n) is 11.3. The number of rotatable bonds is 2. The topological polar surface area (TPSA) is 69.3 Å².